The summed E-state index contributed by atoms with van der Waals surface area (Å²) in [4.78, 5) is 29.8. The van der Waals surface area contributed by atoms with Gasteiger partial charge in [-0.3, -0.25) is 14.5 Å². The molecule has 136 valence electrons. The van der Waals surface area contributed by atoms with E-state index in [0.717, 1.165) is 39.1 Å². The second kappa shape index (κ2) is 9.99. The van der Waals surface area contributed by atoms with Crippen molar-refractivity contribution in [1.82, 2.24) is 14.7 Å². The molecule has 5 nitrogen and oxygen atoms in total. The first-order valence-electron chi connectivity index (χ1n) is 9.07. The first kappa shape index (κ1) is 19.2. The number of rotatable bonds is 7. The van der Waals surface area contributed by atoms with E-state index in [1.165, 1.54) is 12.5 Å². The molecule has 0 radical (unpaired) electrons. The molecule has 0 atom stereocenters. The fourth-order valence-corrected chi connectivity index (χ4v) is 2.96. The molecule has 1 fully saturated rings. The minimum atomic E-state index is -0.0279. The predicted molar refractivity (Wildman–Crippen MR) is 101 cm³/mol. The van der Waals surface area contributed by atoms with Gasteiger partial charge >= 0.3 is 0 Å². The van der Waals surface area contributed by atoms with Crippen molar-refractivity contribution in [2.75, 3.05) is 45.8 Å². The van der Waals surface area contributed by atoms with Crippen LogP contribution in [0.1, 0.15) is 25.8 Å². The van der Waals surface area contributed by atoms with E-state index in [0.29, 0.717) is 6.54 Å². The molecule has 1 aliphatic rings. The van der Waals surface area contributed by atoms with Crippen LogP contribution in [0.25, 0.3) is 6.08 Å². The molecule has 5 heteroatoms. The van der Waals surface area contributed by atoms with E-state index in [9.17, 15) is 9.59 Å². The number of hydrogen-bond acceptors (Lipinski definition) is 3. The molecule has 2 amide bonds. The second-order valence-corrected chi connectivity index (χ2v) is 6.44. The minimum Gasteiger partial charge on any atom is -0.339 e. The summed E-state index contributed by atoms with van der Waals surface area (Å²) in [5, 5.41) is 0. The number of nitrogens with zero attached hydrogens (tertiary/aromatic N) is 3. The monoisotopic (exact) mass is 343 g/mol. The maximum absolute atomic E-state index is 12.4. The van der Waals surface area contributed by atoms with Crippen molar-refractivity contribution < 1.29 is 9.59 Å². The van der Waals surface area contributed by atoms with E-state index >= 15 is 0 Å². The summed E-state index contributed by atoms with van der Waals surface area (Å²) in [5.41, 5.74) is 1.21. The smallest absolute Gasteiger partial charge is 0.242 e. The van der Waals surface area contributed by atoms with Crippen LogP contribution >= 0.6 is 0 Å². The SMILES string of the molecule is CCCN(CC(=O)N1CCN(C/C=C/c2ccccc2)CC1)C(C)=O. The van der Waals surface area contributed by atoms with E-state index in [1.54, 1.807) is 4.90 Å². The van der Waals surface area contributed by atoms with E-state index in [2.05, 4.69) is 29.2 Å². The summed E-state index contributed by atoms with van der Waals surface area (Å²) < 4.78 is 0. The van der Waals surface area contributed by atoms with Crippen molar-refractivity contribution in [1.29, 1.82) is 0 Å². The maximum atomic E-state index is 12.4. The van der Waals surface area contributed by atoms with Gasteiger partial charge in [-0.25, -0.2) is 0 Å². The zero-order chi connectivity index (χ0) is 18.1. The van der Waals surface area contributed by atoms with E-state index in [4.69, 9.17) is 0 Å². The van der Waals surface area contributed by atoms with Gasteiger partial charge in [-0.15, -0.1) is 0 Å². The molecule has 1 aromatic carbocycles. The largest absolute Gasteiger partial charge is 0.339 e. The summed E-state index contributed by atoms with van der Waals surface area (Å²) in [6, 6.07) is 10.3. The molecule has 0 aliphatic carbocycles. The molecule has 1 aliphatic heterocycles. The number of benzene rings is 1. The number of amides is 2. The Labute approximate surface area is 150 Å². The second-order valence-electron chi connectivity index (χ2n) is 6.44. The van der Waals surface area contributed by atoms with Crippen LogP contribution in [0.5, 0.6) is 0 Å². The lowest BCUT2D eigenvalue weighted by Gasteiger charge is -2.35. The molecule has 25 heavy (non-hydrogen) atoms. The summed E-state index contributed by atoms with van der Waals surface area (Å²) in [6.07, 6.45) is 5.17. The number of piperazine rings is 1. The molecule has 0 spiro atoms. The topological polar surface area (TPSA) is 43.9 Å². The van der Waals surface area contributed by atoms with E-state index in [-0.39, 0.29) is 18.4 Å². The molecule has 1 heterocycles. The van der Waals surface area contributed by atoms with Crippen LogP contribution in [0, 0.1) is 0 Å². The van der Waals surface area contributed by atoms with E-state index < -0.39 is 0 Å². The van der Waals surface area contributed by atoms with Gasteiger partial charge in [0.2, 0.25) is 11.8 Å². The van der Waals surface area contributed by atoms with Gasteiger partial charge < -0.3 is 9.80 Å². The first-order valence-corrected chi connectivity index (χ1v) is 9.07. The first-order chi connectivity index (χ1) is 12.1. The van der Waals surface area contributed by atoms with Crippen LogP contribution in [0.3, 0.4) is 0 Å². The standard InChI is InChI=1S/C20H29N3O2/c1-3-11-23(18(2)24)17-20(25)22-15-13-21(14-16-22)12-7-10-19-8-5-4-6-9-19/h4-10H,3,11-17H2,1-2H3/b10-7+. The molecular formula is C20H29N3O2. The van der Waals surface area contributed by atoms with Gasteiger partial charge in [0.05, 0.1) is 6.54 Å². The normalized spacial score (nSPS) is 15.5. The van der Waals surface area contributed by atoms with Crippen LogP contribution in [-0.2, 0) is 9.59 Å². The Morgan fingerprint density at radius 2 is 1.80 bits per heavy atom. The Bertz CT molecular complexity index is 578. The highest BCUT2D eigenvalue weighted by Crippen LogP contribution is 2.06. The molecule has 0 unspecified atom stereocenters. The highest BCUT2D eigenvalue weighted by molar-refractivity contribution is 5.83. The Morgan fingerprint density at radius 1 is 1.12 bits per heavy atom. The highest BCUT2D eigenvalue weighted by Gasteiger charge is 2.22. The Hall–Kier alpha value is -2.14. The van der Waals surface area contributed by atoms with Crippen LogP contribution < -0.4 is 0 Å². The third-order valence-electron chi connectivity index (χ3n) is 4.46. The zero-order valence-corrected chi connectivity index (χ0v) is 15.4. The predicted octanol–water partition coefficient (Wildman–Crippen LogP) is 2.10. The van der Waals surface area contributed by atoms with Crippen LogP contribution in [0.2, 0.25) is 0 Å². The molecule has 1 saturated heterocycles. The average Bonchev–Trinajstić information content (AvgIpc) is 2.62. The number of hydrogen-bond donors (Lipinski definition) is 0. The molecule has 0 saturated carbocycles. The molecular weight excluding hydrogens is 314 g/mol. The van der Waals surface area contributed by atoms with Crippen molar-refractivity contribution in [3.8, 4) is 0 Å². The van der Waals surface area contributed by atoms with Crippen molar-refractivity contribution >= 4 is 17.9 Å². The van der Waals surface area contributed by atoms with Crippen molar-refractivity contribution in [2.24, 2.45) is 0 Å². The third kappa shape index (κ3) is 6.35. The minimum absolute atomic E-state index is 0.0279. The van der Waals surface area contributed by atoms with Crippen LogP contribution in [0.15, 0.2) is 36.4 Å². The lowest BCUT2D eigenvalue weighted by atomic mass is 10.2. The number of carbonyl (C=O) groups is 2. The highest BCUT2D eigenvalue weighted by atomic mass is 16.2. The maximum Gasteiger partial charge on any atom is 0.242 e. The summed E-state index contributed by atoms with van der Waals surface area (Å²) in [6.45, 7) is 8.50. The van der Waals surface area contributed by atoms with Crippen molar-refractivity contribution in [3.05, 3.63) is 42.0 Å². The zero-order valence-electron chi connectivity index (χ0n) is 15.4. The summed E-state index contributed by atoms with van der Waals surface area (Å²) in [7, 11) is 0. The Balaban J connectivity index is 1.74. The summed E-state index contributed by atoms with van der Waals surface area (Å²) >= 11 is 0. The quantitative estimate of drug-likeness (QED) is 0.762. The van der Waals surface area contributed by atoms with Crippen LogP contribution in [-0.4, -0.2) is 72.3 Å². The average molecular weight is 343 g/mol. The van der Waals surface area contributed by atoms with Gasteiger partial charge in [0.25, 0.3) is 0 Å². The molecule has 2 rings (SSSR count). The molecule has 0 N–H and O–H groups in total. The fourth-order valence-electron chi connectivity index (χ4n) is 2.96. The Kier molecular flexibility index (Phi) is 7.67. The van der Waals surface area contributed by atoms with Gasteiger partial charge in [-0.1, -0.05) is 49.4 Å². The molecule has 0 aromatic heterocycles. The lowest BCUT2D eigenvalue weighted by Crippen LogP contribution is -2.51. The van der Waals surface area contributed by atoms with Crippen molar-refractivity contribution in [2.45, 2.75) is 20.3 Å². The number of carbonyl (C=O) groups excluding carboxylic acids is 2. The van der Waals surface area contributed by atoms with Gasteiger partial charge in [-0.2, -0.15) is 0 Å². The summed E-state index contributed by atoms with van der Waals surface area (Å²) in [5.74, 6) is 0.0306. The molecule has 1 aromatic rings. The van der Waals surface area contributed by atoms with Gasteiger partial charge in [0.15, 0.2) is 0 Å². The molecule has 0 bridgehead atoms. The van der Waals surface area contributed by atoms with Gasteiger partial charge in [-0.05, 0) is 12.0 Å². The lowest BCUT2D eigenvalue weighted by molar-refractivity contribution is -0.140. The van der Waals surface area contributed by atoms with E-state index in [1.807, 2.05) is 30.0 Å². The van der Waals surface area contributed by atoms with Gasteiger partial charge in [0, 0.05) is 46.2 Å². The van der Waals surface area contributed by atoms with Crippen LogP contribution in [0.4, 0.5) is 0 Å². The fraction of sp³-hybridized carbons (Fsp3) is 0.500. The third-order valence-corrected chi connectivity index (χ3v) is 4.46. The Morgan fingerprint density at radius 3 is 2.40 bits per heavy atom. The van der Waals surface area contributed by atoms with Gasteiger partial charge in [0.1, 0.15) is 0 Å². The van der Waals surface area contributed by atoms with Crippen molar-refractivity contribution in [3.63, 3.8) is 0 Å².